The lowest BCUT2D eigenvalue weighted by Gasteiger charge is -2.06. The molecule has 0 aliphatic carbocycles. The lowest BCUT2D eigenvalue weighted by molar-refractivity contribution is -0.137. The lowest BCUT2D eigenvalue weighted by atomic mass is 10.1. The fourth-order valence-electron chi connectivity index (χ4n) is 1.99. The maximum absolute atomic E-state index is 10.8. The van der Waals surface area contributed by atoms with Gasteiger partial charge in [0.25, 0.3) is 0 Å². The molecule has 5 heteroatoms. The third-order valence-electron chi connectivity index (χ3n) is 3.13. The third kappa shape index (κ3) is 7.97. The van der Waals surface area contributed by atoms with Crippen molar-refractivity contribution < 1.29 is 24.5 Å². The highest BCUT2D eigenvalue weighted by molar-refractivity contribution is 5.87. The zero-order valence-corrected chi connectivity index (χ0v) is 12.1. The molecule has 0 radical (unpaired) electrons. The standard InChI is InChI=1S/C16H22O5/c17-15(18)10-5-3-1-2-4-6-11-21-14-9-7-8-13(12-14)16(19)20/h7-9,12H,1-6,10-11H2,(H,17,18)(H,19,20). The molecule has 0 saturated carbocycles. The van der Waals surface area contributed by atoms with Crippen molar-refractivity contribution in [2.75, 3.05) is 6.61 Å². The van der Waals surface area contributed by atoms with E-state index in [4.69, 9.17) is 14.9 Å². The molecule has 0 saturated heterocycles. The van der Waals surface area contributed by atoms with Crippen LogP contribution in [-0.4, -0.2) is 28.8 Å². The Kier molecular flexibility index (Phi) is 7.94. The van der Waals surface area contributed by atoms with E-state index in [1.807, 2.05) is 0 Å². The van der Waals surface area contributed by atoms with E-state index in [0.29, 0.717) is 12.4 Å². The first-order valence-corrected chi connectivity index (χ1v) is 7.27. The van der Waals surface area contributed by atoms with E-state index >= 15 is 0 Å². The van der Waals surface area contributed by atoms with Crippen molar-refractivity contribution >= 4 is 11.9 Å². The fourth-order valence-corrected chi connectivity index (χ4v) is 1.99. The van der Waals surface area contributed by atoms with Crippen LogP contribution < -0.4 is 4.74 Å². The number of carboxylic acids is 2. The summed E-state index contributed by atoms with van der Waals surface area (Å²) in [5.41, 5.74) is 0.228. The summed E-state index contributed by atoms with van der Waals surface area (Å²) in [6.07, 6.45) is 6.01. The van der Waals surface area contributed by atoms with Gasteiger partial charge in [0.1, 0.15) is 5.75 Å². The Bertz CT molecular complexity index is 456. The molecule has 0 unspecified atom stereocenters. The van der Waals surface area contributed by atoms with Crippen LogP contribution in [0.4, 0.5) is 0 Å². The Morgan fingerprint density at radius 2 is 1.62 bits per heavy atom. The van der Waals surface area contributed by atoms with E-state index in [1.165, 1.54) is 12.1 Å². The topological polar surface area (TPSA) is 83.8 Å². The van der Waals surface area contributed by atoms with Crippen LogP contribution in [0.25, 0.3) is 0 Å². The molecule has 0 fully saturated rings. The second-order valence-corrected chi connectivity index (χ2v) is 4.95. The van der Waals surface area contributed by atoms with Crippen LogP contribution >= 0.6 is 0 Å². The molecule has 2 N–H and O–H groups in total. The molecule has 21 heavy (non-hydrogen) atoms. The monoisotopic (exact) mass is 294 g/mol. The average Bonchev–Trinajstić information content (AvgIpc) is 2.45. The first kappa shape index (κ1) is 17.0. The number of benzene rings is 1. The van der Waals surface area contributed by atoms with Gasteiger partial charge in [0.15, 0.2) is 0 Å². The summed E-state index contributed by atoms with van der Waals surface area (Å²) in [7, 11) is 0. The Hall–Kier alpha value is -2.04. The maximum atomic E-state index is 10.8. The van der Waals surface area contributed by atoms with Crippen molar-refractivity contribution in [3.63, 3.8) is 0 Å². The van der Waals surface area contributed by atoms with E-state index < -0.39 is 11.9 Å². The number of rotatable bonds is 11. The summed E-state index contributed by atoms with van der Waals surface area (Å²) in [5, 5.41) is 17.4. The van der Waals surface area contributed by atoms with Crippen molar-refractivity contribution in [2.45, 2.75) is 44.9 Å². The number of carbonyl (C=O) groups is 2. The van der Waals surface area contributed by atoms with Gasteiger partial charge in [-0.3, -0.25) is 4.79 Å². The number of unbranched alkanes of at least 4 members (excludes halogenated alkanes) is 5. The molecule has 1 rings (SSSR count). The van der Waals surface area contributed by atoms with Crippen LogP contribution in [0.1, 0.15) is 55.3 Å². The lowest BCUT2D eigenvalue weighted by Crippen LogP contribution is -2.00. The van der Waals surface area contributed by atoms with E-state index in [0.717, 1.165) is 38.5 Å². The highest BCUT2D eigenvalue weighted by atomic mass is 16.5. The van der Waals surface area contributed by atoms with Gasteiger partial charge in [-0.25, -0.2) is 4.79 Å². The smallest absolute Gasteiger partial charge is 0.335 e. The first-order chi connectivity index (χ1) is 10.1. The summed E-state index contributed by atoms with van der Waals surface area (Å²) in [5.74, 6) is -1.11. The highest BCUT2D eigenvalue weighted by Gasteiger charge is 2.03. The summed E-state index contributed by atoms with van der Waals surface area (Å²) >= 11 is 0. The van der Waals surface area contributed by atoms with Gasteiger partial charge in [-0.2, -0.15) is 0 Å². The van der Waals surface area contributed by atoms with Crippen LogP contribution in [0.3, 0.4) is 0 Å². The summed E-state index contributed by atoms with van der Waals surface area (Å²) in [4.78, 5) is 21.1. The quantitative estimate of drug-likeness (QED) is 0.609. The Balaban J connectivity index is 2.05. The van der Waals surface area contributed by atoms with Gasteiger partial charge in [0.05, 0.1) is 12.2 Å². The van der Waals surface area contributed by atoms with Gasteiger partial charge in [0, 0.05) is 6.42 Å². The minimum absolute atomic E-state index is 0.228. The zero-order valence-electron chi connectivity index (χ0n) is 12.1. The zero-order chi connectivity index (χ0) is 15.5. The number of hydrogen-bond donors (Lipinski definition) is 2. The van der Waals surface area contributed by atoms with E-state index in [1.54, 1.807) is 12.1 Å². The predicted octanol–water partition coefficient (Wildman–Crippen LogP) is 3.58. The molecular weight excluding hydrogens is 272 g/mol. The number of hydrogen-bond acceptors (Lipinski definition) is 3. The highest BCUT2D eigenvalue weighted by Crippen LogP contribution is 2.14. The van der Waals surface area contributed by atoms with Gasteiger partial charge in [-0.05, 0) is 31.0 Å². The van der Waals surface area contributed by atoms with Gasteiger partial charge < -0.3 is 14.9 Å². The molecule has 0 spiro atoms. The second kappa shape index (κ2) is 9.80. The molecule has 5 nitrogen and oxygen atoms in total. The van der Waals surface area contributed by atoms with Crippen LogP contribution in [-0.2, 0) is 4.79 Å². The summed E-state index contributed by atoms with van der Waals surface area (Å²) < 4.78 is 5.51. The van der Waals surface area contributed by atoms with Gasteiger partial charge in [0.2, 0.25) is 0 Å². The molecule has 1 aromatic rings. The molecule has 0 bridgehead atoms. The number of aromatic carboxylic acids is 1. The van der Waals surface area contributed by atoms with E-state index in [9.17, 15) is 9.59 Å². The van der Waals surface area contributed by atoms with Crippen molar-refractivity contribution in [3.05, 3.63) is 29.8 Å². The molecular formula is C16H22O5. The minimum Gasteiger partial charge on any atom is -0.494 e. The van der Waals surface area contributed by atoms with E-state index in [2.05, 4.69) is 0 Å². The fraction of sp³-hybridized carbons (Fsp3) is 0.500. The molecule has 0 heterocycles. The van der Waals surface area contributed by atoms with Crippen LogP contribution in [0.15, 0.2) is 24.3 Å². The molecule has 0 aliphatic rings. The molecule has 0 amide bonds. The summed E-state index contributed by atoms with van der Waals surface area (Å²) in [6, 6.07) is 6.47. The van der Waals surface area contributed by atoms with Crippen molar-refractivity contribution in [1.82, 2.24) is 0 Å². The predicted molar refractivity (Wildman–Crippen MR) is 78.9 cm³/mol. The Morgan fingerprint density at radius 3 is 2.29 bits per heavy atom. The second-order valence-electron chi connectivity index (χ2n) is 4.95. The SMILES string of the molecule is O=C(O)CCCCCCCCOc1cccc(C(=O)O)c1. The van der Waals surface area contributed by atoms with Crippen LogP contribution in [0.5, 0.6) is 5.75 Å². The van der Waals surface area contributed by atoms with Crippen LogP contribution in [0.2, 0.25) is 0 Å². The van der Waals surface area contributed by atoms with Gasteiger partial charge in [-0.15, -0.1) is 0 Å². The van der Waals surface area contributed by atoms with Gasteiger partial charge >= 0.3 is 11.9 Å². The number of ether oxygens (including phenoxy) is 1. The molecule has 0 aromatic heterocycles. The molecule has 116 valence electrons. The van der Waals surface area contributed by atoms with E-state index in [-0.39, 0.29) is 12.0 Å². The average molecular weight is 294 g/mol. The van der Waals surface area contributed by atoms with Crippen molar-refractivity contribution in [1.29, 1.82) is 0 Å². The number of aliphatic carboxylic acids is 1. The Morgan fingerprint density at radius 1 is 0.952 bits per heavy atom. The minimum atomic E-state index is -0.957. The number of carboxylic acid groups (broad SMARTS) is 2. The van der Waals surface area contributed by atoms with Crippen molar-refractivity contribution in [3.8, 4) is 5.75 Å². The molecule has 0 aliphatic heterocycles. The van der Waals surface area contributed by atoms with Crippen LogP contribution in [0, 0.1) is 0 Å². The first-order valence-electron chi connectivity index (χ1n) is 7.27. The summed E-state index contributed by atoms with van der Waals surface area (Å²) in [6.45, 7) is 0.568. The Labute approximate surface area is 124 Å². The largest absolute Gasteiger partial charge is 0.494 e. The molecule has 1 aromatic carbocycles. The normalized spacial score (nSPS) is 10.3. The molecule has 0 atom stereocenters. The third-order valence-corrected chi connectivity index (χ3v) is 3.13. The van der Waals surface area contributed by atoms with Crippen molar-refractivity contribution in [2.24, 2.45) is 0 Å². The maximum Gasteiger partial charge on any atom is 0.335 e. The van der Waals surface area contributed by atoms with Gasteiger partial charge in [-0.1, -0.05) is 31.7 Å².